The first-order valence-electron chi connectivity index (χ1n) is 11.8. The van der Waals surface area contributed by atoms with Gasteiger partial charge in [-0.15, -0.1) is 0 Å². The molecule has 5 rings (SSSR count). The molecule has 0 atom stereocenters. The maximum absolute atomic E-state index is 13.2. The molecule has 2 aliphatic heterocycles. The number of benzene rings is 1. The maximum atomic E-state index is 13.2. The second-order valence-electron chi connectivity index (χ2n) is 9.31. The van der Waals surface area contributed by atoms with Gasteiger partial charge in [0.15, 0.2) is 17.0 Å². The maximum Gasteiger partial charge on any atom is 0.229 e. The van der Waals surface area contributed by atoms with Gasteiger partial charge in [-0.25, -0.2) is 15.0 Å². The molecular formula is C25H32N6O. The first kappa shape index (κ1) is 20.9. The molecule has 2 aromatic heterocycles. The van der Waals surface area contributed by atoms with Crippen molar-refractivity contribution in [3.05, 3.63) is 41.5 Å². The van der Waals surface area contributed by atoms with Gasteiger partial charge in [-0.2, -0.15) is 0 Å². The molecule has 0 saturated carbocycles. The Hall–Kier alpha value is -2.96. The number of piperidine rings is 1. The standard InChI is InChI=1S/C25H32N6O/c1-17-8-9-18(2)20(15-17)29(3)25(32)19-10-13-30(14-11-19)23-22-24(27-16-26-23)31-12-6-4-5-7-21(31)28-22/h8-9,15-16,19H,4-7,10-14H2,1-3H3. The molecule has 168 valence electrons. The SMILES string of the molecule is Cc1ccc(C)c(N(C)C(=O)C2CCN(c3ncnc4c3nc3n4CCCCC3)CC2)c1. The third kappa shape index (κ3) is 3.74. The molecule has 3 aromatic rings. The predicted octanol–water partition coefficient (Wildman–Crippen LogP) is 4.05. The van der Waals surface area contributed by atoms with Crippen LogP contribution in [0.3, 0.4) is 0 Å². The quantitative estimate of drug-likeness (QED) is 0.625. The summed E-state index contributed by atoms with van der Waals surface area (Å²) in [4.78, 5) is 31.5. The van der Waals surface area contributed by atoms with Gasteiger partial charge in [0, 0.05) is 44.7 Å². The number of hydrogen-bond donors (Lipinski definition) is 0. The molecule has 1 fully saturated rings. The summed E-state index contributed by atoms with van der Waals surface area (Å²) in [5, 5.41) is 0. The van der Waals surface area contributed by atoms with Crippen molar-refractivity contribution in [2.45, 2.75) is 58.9 Å². The first-order chi connectivity index (χ1) is 15.5. The van der Waals surface area contributed by atoms with E-state index in [-0.39, 0.29) is 11.8 Å². The Morgan fingerprint density at radius 2 is 1.88 bits per heavy atom. The monoisotopic (exact) mass is 432 g/mol. The van der Waals surface area contributed by atoms with Crippen molar-refractivity contribution in [2.75, 3.05) is 29.9 Å². The van der Waals surface area contributed by atoms with E-state index in [1.165, 1.54) is 24.8 Å². The van der Waals surface area contributed by atoms with Crippen LogP contribution in [0.15, 0.2) is 24.5 Å². The van der Waals surface area contributed by atoms with E-state index in [2.05, 4.69) is 51.5 Å². The highest BCUT2D eigenvalue weighted by Gasteiger charge is 2.30. The Bertz CT molecular complexity index is 1140. The van der Waals surface area contributed by atoms with E-state index in [4.69, 9.17) is 4.98 Å². The van der Waals surface area contributed by atoms with Crippen molar-refractivity contribution >= 4 is 28.6 Å². The van der Waals surface area contributed by atoms with Crippen molar-refractivity contribution in [3.8, 4) is 0 Å². The zero-order valence-electron chi connectivity index (χ0n) is 19.3. The third-order valence-corrected chi connectivity index (χ3v) is 7.07. The summed E-state index contributed by atoms with van der Waals surface area (Å²) in [6.45, 7) is 6.74. The topological polar surface area (TPSA) is 67.2 Å². The van der Waals surface area contributed by atoms with Crippen molar-refractivity contribution in [1.82, 2.24) is 19.5 Å². The minimum absolute atomic E-state index is 0.0344. The fraction of sp³-hybridized carbons (Fsp3) is 0.520. The molecule has 4 heterocycles. The summed E-state index contributed by atoms with van der Waals surface area (Å²) >= 11 is 0. The molecule has 7 heteroatoms. The van der Waals surface area contributed by atoms with Crippen molar-refractivity contribution in [3.63, 3.8) is 0 Å². The molecule has 0 aliphatic carbocycles. The normalized spacial score (nSPS) is 17.3. The zero-order chi connectivity index (χ0) is 22.2. The van der Waals surface area contributed by atoms with Gasteiger partial charge >= 0.3 is 0 Å². The van der Waals surface area contributed by atoms with Crippen LogP contribution in [0, 0.1) is 19.8 Å². The van der Waals surface area contributed by atoms with Gasteiger partial charge in [0.1, 0.15) is 12.2 Å². The number of fused-ring (bicyclic) bond motifs is 3. The average molecular weight is 433 g/mol. The Labute approximate surface area is 189 Å². The molecule has 1 aromatic carbocycles. The van der Waals surface area contributed by atoms with Crippen molar-refractivity contribution in [2.24, 2.45) is 5.92 Å². The lowest BCUT2D eigenvalue weighted by molar-refractivity contribution is -0.122. The van der Waals surface area contributed by atoms with E-state index < -0.39 is 0 Å². The minimum Gasteiger partial charge on any atom is -0.355 e. The molecule has 7 nitrogen and oxygen atoms in total. The third-order valence-electron chi connectivity index (χ3n) is 7.07. The summed E-state index contributed by atoms with van der Waals surface area (Å²) in [7, 11) is 1.91. The van der Waals surface area contributed by atoms with Crippen LogP contribution < -0.4 is 9.80 Å². The van der Waals surface area contributed by atoms with Gasteiger partial charge in [0.05, 0.1) is 0 Å². The molecule has 32 heavy (non-hydrogen) atoms. The lowest BCUT2D eigenvalue weighted by Crippen LogP contribution is -2.42. The average Bonchev–Trinajstić information content (AvgIpc) is 3.00. The zero-order valence-corrected chi connectivity index (χ0v) is 19.3. The number of hydrogen-bond acceptors (Lipinski definition) is 5. The van der Waals surface area contributed by atoms with E-state index in [0.717, 1.165) is 73.0 Å². The number of rotatable bonds is 3. The molecule has 0 radical (unpaired) electrons. The predicted molar refractivity (Wildman–Crippen MR) is 127 cm³/mol. The van der Waals surface area contributed by atoms with Crippen LogP contribution in [-0.2, 0) is 17.8 Å². The van der Waals surface area contributed by atoms with Crippen LogP contribution in [0.25, 0.3) is 11.2 Å². The summed E-state index contributed by atoms with van der Waals surface area (Å²) < 4.78 is 2.28. The largest absolute Gasteiger partial charge is 0.355 e. The molecule has 1 amide bonds. The van der Waals surface area contributed by atoms with Gasteiger partial charge in [-0.3, -0.25) is 4.79 Å². The fourth-order valence-corrected chi connectivity index (χ4v) is 5.17. The van der Waals surface area contributed by atoms with Crippen LogP contribution in [0.2, 0.25) is 0 Å². The number of amides is 1. The lowest BCUT2D eigenvalue weighted by atomic mass is 9.94. The highest BCUT2D eigenvalue weighted by Crippen LogP contribution is 2.31. The summed E-state index contributed by atoms with van der Waals surface area (Å²) in [5.41, 5.74) is 5.19. The molecule has 0 spiro atoms. The highest BCUT2D eigenvalue weighted by molar-refractivity contribution is 5.95. The second-order valence-corrected chi connectivity index (χ2v) is 9.31. The van der Waals surface area contributed by atoms with Crippen LogP contribution >= 0.6 is 0 Å². The Morgan fingerprint density at radius 1 is 1.06 bits per heavy atom. The van der Waals surface area contributed by atoms with Crippen LogP contribution in [0.5, 0.6) is 0 Å². The summed E-state index contributed by atoms with van der Waals surface area (Å²) in [5.74, 6) is 2.30. The summed E-state index contributed by atoms with van der Waals surface area (Å²) in [6.07, 6.45) is 7.95. The van der Waals surface area contributed by atoms with Crippen molar-refractivity contribution < 1.29 is 4.79 Å². The number of nitrogens with zero attached hydrogens (tertiary/aromatic N) is 6. The number of imidazole rings is 1. The van der Waals surface area contributed by atoms with Gasteiger partial charge in [-0.1, -0.05) is 18.6 Å². The number of anilines is 2. The Morgan fingerprint density at radius 3 is 2.69 bits per heavy atom. The smallest absolute Gasteiger partial charge is 0.229 e. The number of carbonyl (C=O) groups is 1. The first-order valence-corrected chi connectivity index (χ1v) is 11.8. The van der Waals surface area contributed by atoms with E-state index in [0.29, 0.717) is 0 Å². The van der Waals surface area contributed by atoms with Crippen LogP contribution in [0.1, 0.15) is 49.1 Å². The number of aromatic nitrogens is 4. The summed E-state index contributed by atoms with van der Waals surface area (Å²) in [6, 6.07) is 6.28. The highest BCUT2D eigenvalue weighted by atomic mass is 16.2. The lowest BCUT2D eigenvalue weighted by Gasteiger charge is -2.34. The molecular weight excluding hydrogens is 400 g/mol. The van der Waals surface area contributed by atoms with E-state index in [1.54, 1.807) is 6.33 Å². The van der Waals surface area contributed by atoms with Gasteiger partial charge in [-0.05, 0) is 56.7 Å². The molecule has 0 N–H and O–H groups in total. The fourth-order valence-electron chi connectivity index (χ4n) is 5.17. The second kappa shape index (κ2) is 8.52. The van der Waals surface area contributed by atoms with E-state index in [9.17, 15) is 4.79 Å². The number of aryl methyl sites for hydroxylation is 4. The molecule has 0 bridgehead atoms. The molecule has 1 saturated heterocycles. The van der Waals surface area contributed by atoms with Crippen molar-refractivity contribution in [1.29, 1.82) is 0 Å². The van der Waals surface area contributed by atoms with Gasteiger partial charge in [0.2, 0.25) is 5.91 Å². The Kier molecular flexibility index (Phi) is 5.57. The van der Waals surface area contributed by atoms with Gasteiger partial charge in [0.25, 0.3) is 0 Å². The van der Waals surface area contributed by atoms with E-state index >= 15 is 0 Å². The molecule has 0 unspecified atom stereocenters. The minimum atomic E-state index is 0.0344. The Balaban J connectivity index is 1.32. The van der Waals surface area contributed by atoms with Gasteiger partial charge < -0.3 is 14.4 Å². The number of carbonyl (C=O) groups excluding carboxylic acids is 1. The van der Waals surface area contributed by atoms with Crippen LogP contribution in [-0.4, -0.2) is 45.6 Å². The molecule has 2 aliphatic rings. The van der Waals surface area contributed by atoms with Crippen LogP contribution in [0.4, 0.5) is 11.5 Å². The van der Waals surface area contributed by atoms with E-state index in [1.807, 2.05) is 11.9 Å².